The van der Waals surface area contributed by atoms with Crippen molar-refractivity contribution in [2.24, 2.45) is 4.99 Å². The topological polar surface area (TPSA) is 77.0 Å². The van der Waals surface area contributed by atoms with E-state index < -0.39 is 12.0 Å². The highest BCUT2D eigenvalue weighted by molar-refractivity contribution is 9.10. The van der Waals surface area contributed by atoms with E-state index >= 15 is 0 Å². The van der Waals surface area contributed by atoms with Crippen molar-refractivity contribution in [3.05, 3.63) is 113 Å². The number of thiazole rings is 1. The van der Waals surface area contributed by atoms with Gasteiger partial charge in [0.25, 0.3) is 5.56 Å². The number of carbonyl (C=O) groups excluding carboxylic acids is 1. The maximum atomic E-state index is 14.2. The third kappa shape index (κ3) is 5.80. The van der Waals surface area contributed by atoms with Crippen molar-refractivity contribution in [1.82, 2.24) is 4.57 Å². The van der Waals surface area contributed by atoms with Gasteiger partial charge in [-0.3, -0.25) is 9.36 Å². The first kappa shape index (κ1) is 29.4. The molecule has 6 rings (SSSR count). The van der Waals surface area contributed by atoms with E-state index in [-0.39, 0.29) is 12.2 Å². The molecular weight excluding hydrogens is 626 g/mol. The molecule has 2 aliphatic rings. The van der Waals surface area contributed by atoms with Crippen molar-refractivity contribution >= 4 is 50.9 Å². The molecule has 0 radical (unpaired) electrons. The van der Waals surface area contributed by atoms with Gasteiger partial charge in [0.2, 0.25) is 5.88 Å². The Balaban J connectivity index is 1.55. The molecule has 0 saturated carbocycles. The summed E-state index contributed by atoms with van der Waals surface area (Å²) in [5.74, 6) is 1.23. The Morgan fingerprint density at radius 1 is 1.12 bits per heavy atom. The molecule has 0 amide bonds. The number of aromatic nitrogens is 1. The number of furan rings is 1. The Morgan fingerprint density at radius 2 is 1.84 bits per heavy atom. The molecule has 0 spiro atoms. The summed E-state index contributed by atoms with van der Waals surface area (Å²) in [6.07, 6.45) is 5.26. The van der Waals surface area contributed by atoms with Crippen LogP contribution >= 0.6 is 27.3 Å². The Morgan fingerprint density at radius 3 is 2.51 bits per heavy atom. The minimum Gasteiger partial charge on any atom is -0.463 e. The van der Waals surface area contributed by atoms with E-state index in [1.165, 1.54) is 23.3 Å². The molecule has 0 unspecified atom stereocenters. The van der Waals surface area contributed by atoms with Crippen LogP contribution in [0.25, 0.3) is 11.8 Å². The van der Waals surface area contributed by atoms with Crippen LogP contribution in [0.5, 0.6) is 0 Å². The summed E-state index contributed by atoms with van der Waals surface area (Å²) in [7, 11) is 0. The van der Waals surface area contributed by atoms with E-state index in [4.69, 9.17) is 14.1 Å². The lowest BCUT2D eigenvalue weighted by molar-refractivity contribution is -0.138. The standard InChI is InChI=1S/C34H34BrN3O4S/c1-4-41-33(40)28-29(23-11-7-5-8-12-23)36-34-38(30(28)24-15-13-22(14-16-24)21(2)3)31(39)27(43-34)20-25-19-26(35)32(42-25)37-17-9-6-10-18-37/h5,7-8,11-16,19-21,30H,4,6,9-10,17-18H2,1-3H3/b27-20+/t30-/m1/s1. The van der Waals surface area contributed by atoms with Gasteiger partial charge in [-0.2, -0.15) is 0 Å². The van der Waals surface area contributed by atoms with Crippen LogP contribution in [0.4, 0.5) is 5.88 Å². The molecule has 2 aromatic heterocycles. The molecule has 7 nitrogen and oxygen atoms in total. The molecule has 2 aliphatic heterocycles. The SMILES string of the molecule is CCOC(=O)C1=C(c2ccccc2)N=c2s/c(=C/c3cc(Br)c(N4CCCCC4)o3)c(=O)n2[C@@H]1c1ccc(C(C)C)cc1. The van der Waals surface area contributed by atoms with Gasteiger partial charge in [0.15, 0.2) is 4.80 Å². The molecular formula is C34H34BrN3O4S. The number of halogens is 1. The number of piperidine rings is 1. The minimum absolute atomic E-state index is 0.209. The minimum atomic E-state index is -0.707. The van der Waals surface area contributed by atoms with Gasteiger partial charge in [0.1, 0.15) is 5.76 Å². The molecule has 1 saturated heterocycles. The number of rotatable bonds is 7. The van der Waals surface area contributed by atoms with E-state index in [0.717, 1.165) is 47.4 Å². The first-order chi connectivity index (χ1) is 20.9. The van der Waals surface area contributed by atoms with Gasteiger partial charge in [-0.15, -0.1) is 0 Å². The van der Waals surface area contributed by atoms with Crippen molar-refractivity contribution in [2.45, 2.75) is 52.0 Å². The van der Waals surface area contributed by atoms with Crippen molar-refractivity contribution < 1.29 is 13.9 Å². The summed E-state index contributed by atoms with van der Waals surface area (Å²) in [5.41, 5.74) is 3.40. The van der Waals surface area contributed by atoms with Crippen LogP contribution in [0.2, 0.25) is 0 Å². The van der Waals surface area contributed by atoms with Crippen LogP contribution in [0.1, 0.15) is 74.4 Å². The molecule has 0 bridgehead atoms. The summed E-state index contributed by atoms with van der Waals surface area (Å²) in [6.45, 7) is 8.16. The number of benzene rings is 2. The van der Waals surface area contributed by atoms with E-state index in [0.29, 0.717) is 32.3 Å². The summed E-state index contributed by atoms with van der Waals surface area (Å²) in [6, 6.07) is 18.9. The van der Waals surface area contributed by atoms with Gasteiger partial charge in [-0.25, -0.2) is 9.79 Å². The number of nitrogens with zero attached hydrogens (tertiary/aromatic N) is 3. The predicted molar refractivity (Wildman–Crippen MR) is 174 cm³/mol. The summed E-state index contributed by atoms with van der Waals surface area (Å²) >= 11 is 4.95. The molecule has 0 N–H and O–H groups in total. The van der Waals surface area contributed by atoms with Crippen molar-refractivity contribution in [1.29, 1.82) is 0 Å². The van der Waals surface area contributed by atoms with E-state index in [1.54, 1.807) is 17.6 Å². The Kier molecular flexibility index (Phi) is 8.54. The number of anilines is 1. The second-order valence-electron chi connectivity index (χ2n) is 11.1. The molecule has 222 valence electrons. The number of fused-ring (bicyclic) bond motifs is 1. The molecule has 4 aromatic rings. The fraction of sp³-hybridized carbons (Fsp3) is 0.324. The number of carbonyl (C=O) groups is 1. The number of ether oxygens (including phenoxy) is 1. The average molecular weight is 661 g/mol. The van der Waals surface area contributed by atoms with Crippen molar-refractivity contribution in [3.63, 3.8) is 0 Å². The quantitative estimate of drug-likeness (QED) is 0.215. The second kappa shape index (κ2) is 12.5. The third-order valence-corrected chi connectivity index (χ3v) is 9.45. The van der Waals surface area contributed by atoms with Gasteiger partial charge in [0, 0.05) is 30.8 Å². The lowest BCUT2D eigenvalue weighted by atomic mass is 9.91. The Bertz CT molecular complexity index is 1850. The van der Waals surface area contributed by atoms with Crippen molar-refractivity contribution in [2.75, 3.05) is 24.6 Å². The fourth-order valence-electron chi connectivity index (χ4n) is 5.71. The van der Waals surface area contributed by atoms with E-state index in [1.807, 2.05) is 48.5 Å². The smallest absolute Gasteiger partial charge is 0.338 e. The lowest BCUT2D eigenvalue weighted by Gasteiger charge is -2.26. The van der Waals surface area contributed by atoms with Crippen LogP contribution in [0.15, 0.2) is 84.9 Å². The zero-order chi connectivity index (χ0) is 30.1. The van der Waals surface area contributed by atoms with E-state index in [9.17, 15) is 9.59 Å². The lowest BCUT2D eigenvalue weighted by Crippen LogP contribution is -2.40. The van der Waals surface area contributed by atoms with Gasteiger partial charge in [0.05, 0.1) is 32.9 Å². The molecule has 43 heavy (non-hydrogen) atoms. The van der Waals surface area contributed by atoms with Crippen LogP contribution in [0, 0.1) is 0 Å². The van der Waals surface area contributed by atoms with Crippen LogP contribution in [-0.4, -0.2) is 30.2 Å². The predicted octanol–water partition coefficient (Wildman–Crippen LogP) is 6.40. The van der Waals surface area contributed by atoms with Gasteiger partial charge >= 0.3 is 5.97 Å². The van der Waals surface area contributed by atoms with Gasteiger partial charge < -0.3 is 14.1 Å². The largest absolute Gasteiger partial charge is 0.463 e. The monoisotopic (exact) mass is 659 g/mol. The summed E-state index contributed by atoms with van der Waals surface area (Å²) in [5, 5.41) is 0. The zero-order valence-electron chi connectivity index (χ0n) is 24.5. The average Bonchev–Trinajstić information content (AvgIpc) is 3.55. The van der Waals surface area contributed by atoms with Gasteiger partial charge in [-0.05, 0) is 59.2 Å². The fourth-order valence-corrected chi connectivity index (χ4v) is 7.25. The number of hydrogen-bond acceptors (Lipinski definition) is 7. The second-order valence-corrected chi connectivity index (χ2v) is 13.0. The van der Waals surface area contributed by atoms with Crippen LogP contribution < -0.4 is 19.8 Å². The number of hydrogen-bond donors (Lipinski definition) is 0. The molecule has 4 heterocycles. The van der Waals surface area contributed by atoms with E-state index in [2.05, 4.69) is 46.8 Å². The maximum absolute atomic E-state index is 14.2. The molecule has 2 aromatic carbocycles. The molecule has 9 heteroatoms. The molecule has 1 fully saturated rings. The summed E-state index contributed by atoms with van der Waals surface area (Å²) < 4.78 is 14.8. The highest BCUT2D eigenvalue weighted by atomic mass is 79.9. The van der Waals surface area contributed by atoms with Crippen LogP contribution in [-0.2, 0) is 9.53 Å². The number of esters is 1. The zero-order valence-corrected chi connectivity index (χ0v) is 26.9. The van der Waals surface area contributed by atoms with Gasteiger partial charge in [-0.1, -0.05) is 79.8 Å². The maximum Gasteiger partial charge on any atom is 0.338 e. The Labute approximate surface area is 263 Å². The third-order valence-electron chi connectivity index (χ3n) is 7.90. The normalized spacial score (nSPS) is 17.3. The van der Waals surface area contributed by atoms with Crippen LogP contribution in [0.3, 0.4) is 0 Å². The Hall–Kier alpha value is -3.69. The summed E-state index contributed by atoms with van der Waals surface area (Å²) in [4.78, 5) is 35.5. The van der Waals surface area contributed by atoms with Crippen molar-refractivity contribution in [3.8, 4) is 0 Å². The first-order valence-electron chi connectivity index (χ1n) is 14.8. The first-order valence-corrected chi connectivity index (χ1v) is 16.4. The highest BCUT2D eigenvalue weighted by Gasteiger charge is 2.35. The highest BCUT2D eigenvalue weighted by Crippen LogP contribution is 2.36. The molecule has 1 atom stereocenters. The molecule has 0 aliphatic carbocycles.